The number of anilines is 1. The Hall–Kier alpha value is -1.68. The number of nitrogens with zero attached hydrogens (tertiary/aromatic N) is 2. The lowest BCUT2D eigenvalue weighted by molar-refractivity contribution is 0.152. The Labute approximate surface area is 141 Å². The highest BCUT2D eigenvalue weighted by atomic mass is 35.5. The van der Waals surface area contributed by atoms with Crippen molar-refractivity contribution in [2.45, 2.75) is 33.1 Å². The van der Waals surface area contributed by atoms with Gasteiger partial charge in [0.2, 0.25) is 0 Å². The smallest absolute Gasteiger partial charge is 0.264 e. The Kier molecular flexibility index (Phi) is 5.94. The zero-order valence-corrected chi connectivity index (χ0v) is 14.4. The Morgan fingerprint density at radius 1 is 1.17 bits per heavy atom. The van der Waals surface area contributed by atoms with Gasteiger partial charge in [0.05, 0.1) is 5.02 Å². The van der Waals surface area contributed by atoms with E-state index in [2.05, 4.69) is 4.98 Å². The van der Waals surface area contributed by atoms with Crippen molar-refractivity contribution in [2.75, 3.05) is 18.5 Å². The molecule has 0 bridgehead atoms. The summed E-state index contributed by atoms with van der Waals surface area (Å²) in [5.74, 6) is 0. The first-order valence-corrected chi connectivity index (χ1v) is 8.21. The first-order valence-electron chi connectivity index (χ1n) is 7.83. The van der Waals surface area contributed by atoms with Crippen molar-refractivity contribution in [3.63, 3.8) is 0 Å². The second-order valence-corrected chi connectivity index (χ2v) is 5.72. The molecule has 0 atom stereocenters. The fourth-order valence-electron chi connectivity index (χ4n) is 2.82. The number of fused-ring (bicyclic) bond motifs is 1. The van der Waals surface area contributed by atoms with Crippen LogP contribution in [0.1, 0.15) is 37.8 Å². The molecule has 0 saturated heterocycles. The minimum absolute atomic E-state index is 0.0339. The van der Waals surface area contributed by atoms with Crippen LogP contribution in [0.25, 0.3) is 11.1 Å². The zero-order valence-electron chi connectivity index (χ0n) is 13.6. The first kappa shape index (κ1) is 17.7. The normalized spacial score (nSPS) is 13.4. The van der Waals surface area contributed by atoms with Crippen LogP contribution >= 0.6 is 11.6 Å². The Bertz CT molecular complexity index is 674. The van der Waals surface area contributed by atoms with E-state index >= 15 is 0 Å². The van der Waals surface area contributed by atoms with Gasteiger partial charge in [-0.3, -0.25) is 4.98 Å². The molecule has 2 aromatic rings. The molecule has 0 fully saturated rings. The van der Waals surface area contributed by atoms with Gasteiger partial charge in [-0.1, -0.05) is 25.4 Å². The summed E-state index contributed by atoms with van der Waals surface area (Å²) >= 11 is 5.93. The summed E-state index contributed by atoms with van der Waals surface area (Å²) in [7, 11) is 1.94. The summed E-state index contributed by atoms with van der Waals surface area (Å²) in [6, 6.07) is 5.14. The molecule has 0 unspecified atom stereocenters. The van der Waals surface area contributed by atoms with E-state index in [1.807, 2.05) is 31.9 Å². The molecule has 2 heterocycles. The van der Waals surface area contributed by atoms with E-state index in [0.29, 0.717) is 16.1 Å². The number of aryl methyl sites for hydroxylation is 1. The molecule has 3 rings (SSSR count). The van der Waals surface area contributed by atoms with Crippen LogP contribution in [-0.4, -0.2) is 18.6 Å². The molecule has 23 heavy (non-hydrogen) atoms. The van der Waals surface area contributed by atoms with Crippen molar-refractivity contribution in [3.8, 4) is 11.1 Å². The van der Waals surface area contributed by atoms with Gasteiger partial charge in [-0.15, -0.1) is 0 Å². The van der Waals surface area contributed by atoms with Crippen molar-refractivity contribution >= 4 is 17.3 Å². The third-order valence-corrected chi connectivity index (χ3v) is 4.06. The van der Waals surface area contributed by atoms with Crippen molar-refractivity contribution in [1.29, 1.82) is 0 Å². The van der Waals surface area contributed by atoms with Crippen molar-refractivity contribution in [2.24, 2.45) is 0 Å². The minimum Gasteiger partial charge on any atom is -0.374 e. The molecule has 1 aliphatic rings. The SMILES string of the molecule is CC.CN1CCCc2cc(-c3cncc(Cl)c3)c(C(F)F)cc21. The summed E-state index contributed by atoms with van der Waals surface area (Å²) in [5, 5.41) is 0.447. The lowest BCUT2D eigenvalue weighted by Gasteiger charge is -2.29. The summed E-state index contributed by atoms with van der Waals surface area (Å²) in [6.07, 6.45) is 2.49. The highest BCUT2D eigenvalue weighted by Gasteiger charge is 2.21. The average molecular weight is 339 g/mol. The molecule has 0 radical (unpaired) electrons. The molecule has 1 aromatic carbocycles. The standard InChI is InChI=1S/C16H15ClF2N2.C2H6/c1-21-4-2-3-10-6-13(11-5-12(17)9-20-8-11)14(16(18)19)7-15(10)21;1-2/h5-9,16H,2-4H2,1H3;1-2H3. The fraction of sp³-hybridized carbons (Fsp3) is 0.389. The molecule has 0 N–H and O–H groups in total. The molecule has 5 heteroatoms. The predicted molar refractivity (Wildman–Crippen MR) is 92.6 cm³/mol. The van der Waals surface area contributed by atoms with Gasteiger partial charge in [0.15, 0.2) is 0 Å². The number of hydrogen-bond donors (Lipinski definition) is 0. The number of rotatable bonds is 2. The van der Waals surface area contributed by atoms with E-state index in [0.717, 1.165) is 30.6 Å². The van der Waals surface area contributed by atoms with Crippen molar-refractivity contribution < 1.29 is 8.78 Å². The van der Waals surface area contributed by atoms with Crippen LogP contribution in [0.15, 0.2) is 30.6 Å². The van der Waals surface area contributed by atoms with E-state index in [9.17, 15) is 8.78 Å². The quantitative estimate of drug-likeness (QED) is 0.693. The maximum absolute atomic E-state index is 13.4. The second kappa shape index (κ2) is 7.73. The highest BCUT2D eigenvalue weighted by Crippen LogP contribution is 2.38. The highest BCUT2D eigenvalue weighted by molar-refractivity contribution is 6.30. The van der Waals surface area contributed by atoms with Crippen molar-refractivity contribution in [1.82, 2.24) is 4.98 Å². The molecule has 1 aromatic heterocycles. The number of benzene rings is 1. The third kappa shape index (κ3) is 3.81. The maximum Gasteiger partial charge on any atom is 0.264 e. The van der Waals surface area contributed by atoms with Crippen LogP contribution in [0.4, 0.5) is 14.5 Å². The van der Waals surface area contributed by atoms with Gasteiger partial charge < -0.3 is 4.90 Å². The summed E-state index contributed by atoms with van der Waals surface area (Å²) in [4.78, 5) is 6.03. The van der Waals surface area contributed by atoms with E-state index in [1.165, 1.54) is 6.20 Å². The molecule has 0 spiro atoms. The molecule has 2 nitrogen and oxygen atoms in total. The van der Waals surface area contributed by atoms with Crippen LogP contribution < -0.4 is 4.90 Å². The number of hydrogen-bond acceptors (Lipinski definition) is 2. The molecule has 0 amide bonds. The van der Waals surface area contributed by atoms with Gasteiger partial charge in [0.25, 0.3) is 6.43 Å². The second-order valence-electron chi connectivity index (χ2n) is 5.29. The van der Waals surface area contributed by atoms with E-state index in [1.54, 1.807) is 18.3 Å². The van der Waals surface area contributed by atoms with Gasteiger partial charge in [0, 0.05) is 42.8 Å². The van der Waals surface area contributed by atoms with Crippen LogP contribution in [0.3, 0.4) is 0 Å². The molecular formula is C18H21ClF2N2. The Morgan fingerprint density at radius 2 is 1.91 bits per heavy atom. The molecule has 0 aliphatic carbocycles. The van der Waals surface area contributed by atoms with Crippen LogP contribution in [-0.2, 0) is 6.42 Å². The average Bonchev–Trinajstić information content (AvgIpc) is 2.56. The summed E-state index contributed by atoms with van der Waals surface area (Å²) < 4.78 is 26.9. The maximum atomic E-state index is 13.4. The van der Waals surface area contributed by atoms with Crippen LogP contribution in [0.5, 0.6) is 0 Å². The first-order chi connectivity index (χ1) is 11.1. The Morgan fingerprint density at radius 3 is 2.57 bits per heavy atom. The van der Waals surface area contributed by atoms with Crippen molar-refractivity contribution in [3.05, 3.63) is 46.7 Å². The van der Waals surface area contributed by atoms with E-state index in [4.69, 9.17) is 11.6 Å². The van der Waals surface area contributed by atoms with Gasteiger partial charge in [-0.2, -0.15) is 0 Å². The molecule has 1 aliphatic heterocycles. The van der Waals surface area contributed by atoms with Gasteiger partial charge in [-0.25, -0.2) is 8.78 Å². The molecule has 124 valence electrons. The van der Waals surface area contributed by atoms with E-state index < -0.39 is 6.43 Å². The number of halogens is 3. The summed E-state index contributed by atoms with van der Waals surface area (Å²) in [5.41, 5.74) is 3.19. The zero-order chi connectivity index (χ0) is 17.0. The number of aromatic nitrogens is 1. The monoisotopic (exact) mass is 338 g/mol. The number of alkyl halides is 2. The van der Waals surface area contributed by atoms with Crippen LogP contribution in [0, 0.1) is 0 Å². The minimum atomic E-state index is -2.53. The third-order valence-electron chi connectivity index (χ3n) is 3.85. The van der Waals surface area contributed by atoms with Gasteiger partial charge >= 0.3 is 0 Å². The topological polar surface area (TPSA) is 16.1 Å². The fourth-order valence-corrected chi connectivity index (χ4v) is 3.00. The van der Waals surface area contributed by atoms with Gasteiger partial charge in [0.1, 0.15) is 0 Å². The lowest BCUT2D eigenvalue weighted by atomic mass is 9.93. The van der Waals surface area contributed by atoms with E-state index in [-0.39, 0.29) is 5.56 Å². The van der Waals surface area contributed by atoms with Gasteiger partial charge in [-0.05, 0) is 42.2 Å². The van der Waals surface area contributed by atoms with Crippen LogP contribution in [0.2, 0.25) is 5.02 Å². The predicted octanol–water partition coefficient (Wildman–Crippen LogP) is 5.75. The largest absolute Gasteiger partial charge is 0.374 e. The lowest BCUT2D eigenvalue weighted by Crippen LogP contribution is -2.25. The Balaban J connectivity index is 0.000000924. The molecule has 0 saturated carbocycles. The summed E-state index contributed by atoms with van der Waals surface area (Å²) in [6.45, 7) is 4.90. The number of pyridine rings is 1. The molecular weight excluding hydrogens is 318 g/mol.